The van der Waals surface area contributed by atoms with E-state index in [4.69, 9.17) is 16.3 Å². The molecule has 0 aromatic heterocycles. The number of sulfonamides is 1. The quantitative estimate of drug-likeness (QED) is 0.424. The van der Waals surface area contributed by atoms with Gasteiger partial charge in [0, 0.05) is 16.8 Å². The van der Waals surface area contributed by atoms with E-state index in [0.717, 1.165) is 12.8 Å². The molecule has 0 heterocycles. The van der Waals surface area contributed by atoms with Crippen LogP contribution in [0.2, 0.25) is 5.02 Å². The molecule has 0 saturated carbocycles. The van der Waals surface area contributed by atoms with Gasteiger partial charge >= 0.3 is 0 Å². The van der Waals surface area contributed by atoms with Crippen molar-refractivity contribution in [1.82, 2.24) is 5.32 Å². The maximum Gasteiger partial charge on any atom is 0.261 e. The van der Waals surface area contributed by atoms with Gasteiger partial charge in [0.05, 0.1) is 4.90 Å². The van der Waals surface area contributed by atoms with Crippen LogP contribution < -0.4 is 14.8 Å². The zero-order chi connectivity index (χ0) is 23.8. The fourth-order valence-corrected chi connectivity index (χ4v) is 4.51. The van der Waals surface area contributed by atoms with Crippen LogP contribution in [0, 0.1) is 6.92 Å². The molecule has 3 aromatic carbocycles. The fraction of sp³-hybridized carbons (Fsp3) is 0.240. The minimum Gasteiger partial charge on any atom is -0.484 e. The maximum absolute atomic E-state index is 12.7. The van der Waals surface area contributed by atoms with Gasteiger partial charge in [-0.1, -0.05) is 41.9 Å². The molecule has 0 unspecified atom stereocenters. The van der Waals surface area contributed by atoms with Crippen molar-refractivity contribution in [1.29, 1.82) is 0 Å². The molecule has 0 fully saturated rings. The third kappa shape index (κ3) is 7.51. The number of amides is 1. The highest BCUT2D eigenvalue weighted by molar-refractivity contribution is 7.92. The number of hydrogen-bond acceptors (Lipinski definition) is 4. The number of nitrogens with one attached hydrogen (secondary N) is 2. The number of halogens is 1. The largest absolute Gasteiger partial charge is 0.484 e. The van der Waals surface area contributed by atoms with Crippen LogP contribution >= 0.6 is 11.6 Å². The molecule has 0 aliphatic rings. The van der Waals surface area contributed by atoms with E-state index in [-0.39, 0.29) is 23.5 Å². The number of benzene rings is 3. The van der Waals surface area contributed by atoms with Crippen LogP contribution in [0.5, 0.6) is 5.75 Å². The Morgan fingerprint density at radius 3 is 2.39 bits per heavy atom. The number of carbonyl (C=O) groups is 1. The minimum absolute atomic E-state index is 0.00821. The summed E-state index contributed by atoms with van der Waals surface area (Å²) in [6, 6.07) is 21.0. The number of carbonyl (C=O) groups excluding carboxylic acids is 1. The summed E-state index contributed by atoms with van der Waals surface area (Å²) >= 11 is 5.84. The van der Waals surface area contributed by atoms with E-state index in [1.165, 1.54) is 17.7 Å². The summed E-state index contributed by atoms with van der Waals surface area (Å²) in [6.07, 6.45) is 1.70. The topological polar surface area (TPSA) is 84.5 Å². The summed E-state index contributed by atoms with van der Waals surface area (Å²) in [5.41, 5.74) is 2.25. The Morgan fingerprint density at radius 2 is 1.73 bits per heavy atom. The van der Waals surface area contributed by atoms with Crippen molar-refractivity contribution in [3.05, 3.63) is 88.9 Å². The molecule has 33 heavy (non-hydrogen) atoms. The third-order valence-electron chi connectivity index (χ3n) is 5.03. The first kappa shape index (κ1) is 24.6. The highest BCUT2D eigenvalue weighted by atomic mass is 35.5. The SMILES string of the molecule is Cc1cc(S(=O)(=O)Nc2ccc(Cl)cc2)ccc1OCC(=O)N[C@@H](C)CCc1ccccc1. The van der Waals surface area contributed by atoms with Gasteiger partial charge in [-0.25, -0.2) is 8.42 Å². The molecule has 6 nitrogen and oxygen atoms in total. The van der Waals surface area contributed by atoms with Crippen LogP contribution in [-0.2, 0) is 21.2 Å². The molecule has 0 bridgehead atoms. The van der Waals surface area contributed by atoms with Gasteiger partial charge in [0.25, 0.3) is 15.9 Å². The van der Waals surface area contributed by atoms with E-state index in [0.29, 0.717) is 22.0 Å². The van der Waals surface area contributed by atoms with Crippen LogP contribution in [0.3, 0.4) is 0 Å². The van der Waals surface area contributed by atoms with Gasteiger partial charge in [0.2, 0.25) is 0 Å². The first-order chi connectivity index (χ1) is 15.7. The standard InChI is InChI=1S/C25H27ClN2O4S/c1-18-16-23(33(30,31)28-22-12-10-21(26)11-13-22)14-15-24(18)32-17-25(29)27-19(2)8-9-20-6-4-3-5-7-20/h3-7,10-16,19,28H,8-9,17H2,1-2H3,(H,27,29)/t19-/m0/s1. The number of hydrogen-bond donors (Lipinski definition) is 2. The highest BCUT2D eigenvalue weighted by Crippen LogP contribution is 2.24. The Balaban J connectivity index is 1.52. The van der Waals surface area contributed by atoms with Crippen molar-refractivity contribution in [3.8, 4) is 5.75 Å². The van der Waals surface area contributed by atoms with Gasteiger partial charge in [-0.15, -0.1) is 0 Å². The average molecular weight is 487 g/mol. The van der Waals surface area contributed by atoms with E-state index < -0.39 is 10.0 Å². The molecular formula is C25H27ClN2O4S. The van der Waals surface area contributed by atoms with Crippen LogP contribution in [0.25, 0.3) is 0 Å². The fourth-order valence-electron chi connectivity index (χ4n) is 3.24. The second-order valence-electron chi connectivity index (χ2n) is 7.82. The van der Waals surface area contributed by atoms with E-state index in [1.807, 2.05) is 25.1 Å². The Labute approximate surface area is 200 Å². The van der Waals surface area contributed by atoms with E-state index in [2.05, 4.69) is 22.2 Å². The van der Waals surface area contributed by atoms with Crippen molar-refractivity contribution >= 4 is 33.2 Å². The molecule has 1 atom stereocenters. The molecule has 0 saturated heterocycles. The molecular weight excluding hydrogens is 460 g/mol. The lowest BCUT2D eigenvalue weighted by Gasteiger charge is -2.15. The van der Waals surface area contributed by atoms with Crippen LogP contribution in [0.15, 0.2) is 77.7 Å². The predicted molar refractivity (Wildman–Crippen MR) is 131 cm³/mol. The Hall–Kier alpha value is -3.03. The molecule has 8 heteroatoms. The third-order valence-corrected chi connectivity index (χ3v) is 6.66. The lowest BCUT2D eigenvalue weighted by atomic mass is 10.1. The van der Waals surface area contributed by atoms with Gasteiger partial charge < -0.3 is 10.1 Å². The first-order valence-electron chi connectivity index (χ1n) is 10.6. The number of aryl methyl sites for hydroxylation is 2. The Kier molecular flexibility index (Phi) is 8.36. The van der Waals surface area contributed by atoms with Crippen molar-refractivity contribution in [2.75, 3.05) is 11.3 Å². The Morgan fingerprint density at radius 1 is 1.03 bits per heavy atom. The lowest BCUT2D eigenvalue weighted by Crippen LogP contribution is -2.36. The lowest BCUT2D eigenvalue weighted by molar-refractivity contribution is -0.123. The molecule has 1 amide bonds. The number of rotatable bonds is 10. The summed E-state index contributed by atoms with van der Waals surface area (Å²) in [5, 5.41) is 3.45. The second kappa shape index (κ2) is 11.2. The normalized spacial score (nSPS) is 12.1. The van der Waals surface area contributed by atoms with Crippen LogP contribution in [0.1, 0.15) is 24.5 Å². The molecule has 2 N–H and O–H groups in total. The van der Waals surface area contributed by atoms with E-state index in [1.54, 1.807) is 37.3 Å². The molecule has 0 spiro atoms. The number of ether oxygens (including phenoxy) is 1. The van der Waals surface area contributed by atoms with Crippen molar-refractivity contribution < 1.29 is 17.9 Å². The summed E-state index contributed by atoms with van der Waals surface area (Å²) in [4.78, 5) is 12.3. The summed E-state index contributed by atoms with van der Waals surface area (Å²) in [6.45, 7) is 3.54. The maximum atomic E-state index is 12.7. The summed E-state index contributed by atoms with van der Waals surface area (Å²) in [5.74, 6) is 0.226. The molecule has 3 aromatic rings. The van der Waals surface area contributed by atoms with Crippen LogP contribution in [0.4, 0.5) is 5.69 Å². The molecule has 3 rings (SSSR count). The summed E-state index contributed by atoms with van der Waals surface area (Å²) < 4.78 is 33.4. The predicted octanol–water partition coefficient (Wildman–Crippen LogP) is 4.97. The monoisotopic (exact) mass is 486 g/mol. The molecule has 0 radical (unpaired) electrons. The zero-order valence-electron chi connectivity index (χ0n) is 18.5. The van der Waals surface area contributed by atoms with Crippen LogP contribution in [-0.4, -0.2) is 27.0 Å². The van der Waals surface area contributed by atoms with E-state index in [9.17, 15) is 13.2 Å². The van der Waals surface area contributed by atoms with Gasteiger partial charge in [-0.3, -0.25) is 9.52 Å². The minimum atomic E-state index is -3.77. The molecule has 0 aliphatic heterocycles. The van der Waals surface area contributed by atoms with Crippen molar-refractivity contribution in [2.24, 2.45) is 0 Å². The smallest absolute Gasteiger partial charge is 0.261 e. The van der Waals surface area contributed by atoms with Gasteiger partial charge in [0.15, 0.2) is 6.61 Å². The first-order valence-corrected chi connectivity index (χ1v) is 12.4. The number of anilines is 1. The van der Waals surface area contributed by atoms with Gasteiger partial charge in [-0.05, 0) is 80.3 Å². The van der Waals surface area contributed by atoms with E-state index >= 15 is 0 Å². The Bertz CT molecular complexity index is 1180. The molecule has 174 valence electrons. The van der Waals surface area contributed by atoms with Gasteiger partial charge in [0.1, 0.15) is 5.75 Å². The highest BCUT2D eigenvalue weighted by Gasteiger charge is 2.16. The van der Waals surface area contributed by atoms with Crippen molar-refractivity contribution in [3.63, 3.8) is 0 Å². The average Bonchev–Trinajstić information content (AvgIpc) is 2.79. The zero-order valence-corrected chi connectivity index (χ0v) is 20.1. The second-order valence-corrected chi connectivity index (χ2v) is 9.94. The van der Waals surface area contributed by atoms with Gasteiger partial charge in [-0.2, -0.15) is 0 Å². The summed E-state index contributed by atoms with van der Waals surface area (Å²) in [7, 11) is -3.77. The molecule has 0 aliphatic carbocycles. The van der Waals surface area contributed by atoms with Crippen molar-refractivity contribution in [2.45, 2.75) is 37.6 Å².